The highest BCUT2D eigenvalue weighted by Crippen LogP contribution is 2.34. The molecular formula is C19H12Cl2N4O5. The lowest BCUT2D eigenvalue weighted by atomic mass is 10.1. The average Bonchev–Trinajstić information content (AvgIpc) is 3.18. The number of ether oxygens (including phenoxy) is 1. The Morgan fingerprint density at radius 1 is 1.23 bits per heavy atom. The van der Waals surface area contributed by atoms with Gasteiger partial charge in [0, 0.05) is 24.0 Å². The molecule has 30 heavy (non-hydrogen) atoms. The average molecular weight is 447 g/mol. The molecule has 0 aliphatic carbocycles. The van der Waals surface area contributed by atoms with Crippen LogP contribution in [0, 0.1) is 0 Å². The first-order valence-corrected chi connectivity index (χ1v) is 9.19. The number of fused-ring (bicyclic) bond motifs is 1. The van der Waals surface area contributed by atoms with Gasteiger partial charge in [-0.3, -0.25) is 14.4 Å². The zero-order chi connectivity index (χ0) is 21.4. The first kappa shape index (κ1) is 19.7. The minimum Gasteiger partial charge on any atom is -0.478 e. The molecule has 0 saturated heterocycles. The third-order valence-corrected chi connectivity index (χ3v) is 4.93. The van der Waals surface area contributed by atoms with Gasteiger partial charge in [0.2, 0.25) is 0 Å². The lowest BCUT2D eigenvalue weighted by Crippen LogP contribution is -2.17. The first-order chi connectivity index (χ1) is 14.4. The second kappa shape index (κ2) is 7.69. The van der Waals surface area contributed by atoms with Crippen molar-refractivity contribution in [1.82, 2.24) is 15.0 Å². The van der Waals surface area contributed by atoms with Crippen molar-refractivity contribution in [2.24, 2.45) is 0 Å². The standard InChI is InChI=1S/C19H12Cl2N4O5/c1-29-19-15-9(5-12(30-15)8-3-2-4-22-16(8)26)10(6-24-19)17(27)25-14-11(20)7-23-18(28)13(14)21/h2-7H,1H3,(H,22,26)(H2,23,25,27,28). The normalized spacial score (nSPS) is 10.9. The summed E-state index contributed by atoms with van der Waals surface area (Å²) >= 11 is 12.0. The highest BCUT2D eigenvalue weighted by Gasteiger charge is 2.22. The van der Waals surface area contributed by atoms with Crippen LogP contribution in [0.15, 0.2) is 50.8 Å². The molecule has 0 spiro atoms. The minimum atomic E-state index is -0.640. The molecule has 4 aromatic heterocycles. The summed E-state index contributed by atoms with van der Waals surface area (Å²) in [6.07, 6.45) is 3.98. The van der Waals surface area contributed by atoms with Gasteiger partial charge in [0.1, 0.15) is 10.8 Å². The van der Waals surface area contributed by atoms with Gasteiger partial charge in [-0.25, -0.2) is 4.98 Å². The molecule has 11 heteroatoms. The van der Waals surface area contributed by atoms with Gasteiger partial charge in [0.15, 0.2) is 5.58 Å². The molecule has 0 saturated carbocycles. The summed E-state index contributed by atoms with van der Waals surface area (Å²) in [6, 6.07) is 4.75. The number of carbonyl (C=O) groups excluding carboxylic acids is 1. The largest absolute Gasteiger partial charge is 0.478 e. The van der Waals surface area contributed by atoms with Crippen LogP contribution >= 0.6 is 23.2 Å². The maximum atomic E-state index is 12.9. The highest BCUT2D eigenvalue weighted by molar-refractivity contribution is 6.39. The predicted octanol–water partition coefficient (Wildman–Crippen LogP) is 3.44. The third kappa shape index (κ3) is 3.34. The Kier molecular flexibility index (Phi) is 5.06. The van der Waals surface area contributed by atoms with Crippen molar-refractivity contribution in [3.05, 3.63) is 73.1 Å². The zero-order valence-corrected chi connectivity index (χ0v) is 16.7. The van der Waals surface area contributed by atoms with Gasteiger partial charge in [0.05, 0.1) is 28.9 Å². The van der Waals surface area contributed by atoms with E-state index in [1.165, 1.54) is 31.8 Å². The molecule has 0 atom stereocenters. The molecule has 0 radical (unpaired) electrons. The lowest BCUT2D eigenvalue weighted by Gasteiger charge is -2.09. The van der Waals surface area contributed by atoms with Crippen molar-refractivity contribution in [2.45, 2.75) is 0 Å². The van der Waals surface area contributed by atoms with E-state index in [9.17, 15) is 14.4 Å². The van der Waals surface area contributed by atoms with Gasteiger partial charge >= 0.3 is 0 Å². The summed E-state index contributed by atoms with van der Waals surface area (Å²) in [7, 11) is 1.40. The number of hydrogen-bond acceptors (Lipinski definition) is 6. The zero-order valence-electron chi connectivity index (χ0n) is 15.2. The van der Waals surface area contributed by atoms with E-state index in [-0.39, 0.29) is 49.6 Å². The maximum absolute atomic E-state index is 12.9. The number of aromatic amines is 2. The quantitative estimate of drug-likeness (QED) is 0.440. The van der Waals surface area contributed by atoms with Crippen LogP contribution in [-0.4, -0.2) is 28.0 Å². The second-order valence-corrected chi connectivity index (χ2v) is 6.84. The molecule has 4 heterocycles. The third-order valence-electron chi connectivity index (χ3n) is 4.28. The number of hydrogen-bond donors (Lipinski definition) is 3. The molecule has 0 aromatic carbocycles. The van der Waals surface area contributed by atoms with Crippen LogP contribution < -0.4 is 21.2 Å². The summed E-state index contributed by atoms with van der Waals surface area (Å²) < 4.78 is 11.0. The Morgan fingerprint density at radius 2 is 2.03 bits per heavy atom. The Balaban J connectivity index is 1.85. The molecule has 4 aromatic rings. The van der Waals surface area contributed by atoms with E-state index >= 15 is 0 Å². The van der Waals surface area contributed by atoms with Crippen molar-refractivity contribution in [3.63, 3.8) is 0 Å². The van der Waals surface area contributed by atoms with Crippen molar-refractivity contribution < 1.29 is 13.9 Å². The van der Waals surface area contributed by atoms with E-state index in [0.717, 1.165) is 0 Å². The number of methoxy groups -OCH3 is 1. The molecule has 0 unspecified atom stereocenters. The minimum absolute atomic E-state index is 0.0423. The van der Waals surface area contributed by atoms with Crippen molar-refractivity contribution in [2.75, 3.05) is 12.4 Å². The van der Waals surface area contributed by atoms with Gasteiger partial charge in [0.25, 0.3) is 22.9 Å². The van der Waals surface area contributed by atoms with E-state index in [2.05, 4.69) is 20.3 Å². The van der Waals surface area contributed by atoms with Crippen LogP contribution in [0.5, 0.6) is 5.88 Å². The molecule has 0 aliphatic heterocycles. The summed E-state index contributed by atoms with van der Waals surface area (Å²) in [4.78, 5) is 45.7. The molecule has 1 amide bonds. The van der Waals surface area contributed by atoms with Crippen molar-refractivity contribution in [1.29, 1.82) is 0 Å². The fraction of sp³-hybridized carbons (Fsp3) is 0.0526. The number of pyridine rings is 3. The Labute approximate surface area is 177 Å². The summed E-state index contributed by atoms with van der Waals surface area (Å²) in [5.41, 5.74) is -0.478. The summed E-state index contributed by atoms with van der Waals surface area (Å²) in [5.74, 6) is -0.286. The van der Waals surface area contributed by atoms with Crippen LogP contribution in [0.4, 0.5) is 5.69 Å². The number of halogens is 2. The number of anilines is 1. The van der Waals surface area contributed by atoms with E-state index in [4.69, 9.17) is 32.4 Å². The number of H-pyrrole nitrogens is 2. The lowest BCUT2D eigenvalue weighted by molar-refractivity contribution is 0.102. The fourth-order valence-corrected chi connectivity index (χ4v) is 3.30. The second-order valence-electron chi connectivity index (χ2n) is 6.06. The van der Waals surface area contributed by atoms with Gasteiger partial charge in [-0.2, -0.15) is 0 Å². The van der Waals surface area contributed by atoms with E-state index in [1.807, 2.05) is 0 Å². The molecule has 152 valence electrons. The molecule has 9 nitrogen and oxygen atoms in total. The monoisotopic (exact) mass is 446 g/mol. The first-order valence-electron chi connectivity index (χ1n) is 8.43. The molecule has 4 rings (SSSR count). The molecular weight excluding hydrogens is 435 g/mol. The number of rotatable bonds is 4. The van der Waals surface area contributed by atoms with Gasteiger partial charge < -0.3 is 24.4 Å². The number of amides is 1. The van der Waals surface area contributed by atoms with E-state index in [1.54, 1.807) is 12.1 Å². The number of carbonyl (C=O) groups is 1. The van der Waals surface area contributed by atoms with Gasteiger partial charge in [-0.05, 0) is 18.2 Å². The number of nitrogens with zero attached hydrogens (tertiary/aromatic N) is 1. The van der Waals surface area contributed by atoms with E-state index in [0.29, 0.717) is 5.39 Å². The number of furan rings is 1. The SMILES string of the molecule is COc1ncc(C(=O)Nc2c(Cl)c[nH]c(=O)c2Cl)c2cc(-c3ccc[nH]c3=O)oc12. The summed E-state index contributed by atoms with van der Waals surface area (Å²) in [6.45, 7) is 0. The van der Waals surface area contributed by atoms with Crippen LogP contribution in [-0.2, 0) is 0 Å². The van der Waals surface area contributed by atoms with Crippen LogP contribution in [0.1, 0.15) is 10.4 Å². The predicted molar refractivity (Wildman–Crippen MR) is 112 cm³/mol. The van der Waals surface area contributed by atoms with Gasteiger partial charge in [-0.15, -0.1) is 0 Å². The highest BCUT2D eigenvalue weighted by atomic mass is 35.5. The van der Waals surface area contributed by atoms with E-state index < -0.39 is 11.5 Å². The number of aromatic nitrogens is 3. The topological polar surface area (TPSA) is 130 Å². The van der Waals surface area contributed by atoms with Crippen molar-refractivity contribution in [3.8, 4) is 17.2 Å². The van der Waals surface area contributed by atoms with Crippen LogP contribution in [0.2, 0.25) is 10.0 Å². The fourth-order valence-electron chi connectivity index (χ4n) is 2.85. The molecule has 3 N–H and O–H groups in total. The van der Waals surface area contributed by atoms with Crippen LogP contribution in [0.25, 0.3) is 22.3 Å². The molecule has 0 aliphatic rings. The van der Waals surface area contributed by atoms with Crippen molar-refractivity contribution >= 4 is 45.8 Å². The Bertz CT molecular complexity index is 1410. The Morgan fingerprint density at radius 3 is 2.77 bits per heavy atom. The van der Waals surface area contributed by atoms with Gasteiger partial charge in [-0.1, -0.05) is 23.2 Å². The Hall–Kier alpha value is -3.56. The molecule has 0 bridgehead atoms. The molecule has 0 fully saturated rings. The number of nitrogens with one attached hydrogen (secondary N) is 3. The van der Waals surface area contributed by atoms with Crippen LogP contribution in [0.3, 0.4) is 0 Å². The maximum Gasteiger partial charge on any atom is 0.268 e. The summed E-state index contributed by atoms with van der Waals surface area (Å²) in [5, 5.41) is 2.64. The smallest absolute Gasteiger partial charge is 0.268 e.